The first-order valence-corrected chi connectivity index (χ1v) is 3.04. The summed E-state index contributed by atoms with van der Waals surface area (Å²) in [5.41, 5.74) is 6.01. The highest BCUT2D eigenvalue weighted by Crippen LogP contribution is 2.08. The van der Waals surface area contributed by atoms with E-state index in [0.717, 1.165) is 0 Å². The molecule has 0 saturated heterocycles. The highest BCUT2D eigenvalue weighted by molar-refractivity contribution is 5.64. The zero-order valence-corrected chi connectivity index (χ0v) is 5.53. The van der Waals surface area contributed by atoms with Gasteiger partial charge in [-0.15, -0.1) is 5.10 Å². The van der Waals surface area contributed by atoms with Crippen LogP contribution in [0.2, 0.25) is 0 Å². The molecule has 0 fully saturated rings. The Morgan fingerprint density at radius 1 is 1.55 bits per heavy atom. The number of nitrogens with two attached hydrogens (primary N) is 1. The second kappa shape index (κ2) is 1.91. The van der Waals surface area contributed by atoms with Gasteiger partial charge in [0.1, 0.15) is 5.52 Å². The summed E-state index contributed by atoms with van der Waals surface area (Å²) in [6, 6.07) is 3.44. The van der Waals surface area contributed by atoms with E-state index < -0.39 is 6.08 Å². The standard InChI is InChI=1S/C6H5FN4/c7-6-9-5(8)4-2-1-3-11(4)10-6/h1-3H,(H2,8,9,10). The molecule has 0 aliphatic heterocycles. The Morgan fingerprint density at radius 3 is 3.18 bits per heavy atom. The van der Waals surface area contributed by atoms with Crippen LogP contribution >= 0.6 is 0 Å². The first-order valence-electron chi connectivity index (χ1n) is 3.04. The number of nitrogens with zero attached hydrogens (tertiary/aromatic N) is 3. The van der Waals surface area contributed by atoms with Crippen LogP contribution in [0.5, 0.6) is 0 Å². The molecule has 2 heterocycles. The fourth-order valence-corrected chi connectivity index (χ4v) is 0.930. The fraction of sp³-hybridized carbons (Fsp3) is 0. The summed E-state index contributed by atoms with van der Waals surface area (Å²) < 4.78 is 13.8. The molecule has 0 aromatic carbocycles. The van der Waals surface area contributed by atoms with E-state index in [1.807, 2.05) is 0 Å². The quantitative estimate of drug-likeness (QED) is 0.596. The van der Waals surface area contributed by atoms with Gasteiger partial charge in [0, 0.05) is 6.20 Å². The van der Waals surface area contributed by atoms with Gasteiger partial charge in [-0.3, -0.25) is 0 Å². The molecule has 0 amide bonds. The van der Waals surface area contributed by atoms with Crippen molar-refractivity contribution in [3.8, 4) is 0 Å². The molecule has 0 unspecified atom stereocenters. The summed E-state index contributed by atoms with van der Waals surface area (Å²) in [7, 11) is 0. The third-order valence-electron chi connectivity index (χ3n) is 1.39. The van der Waals surface area contributed by atoms with E-state index in [2.05, 4.69) is 10.1 Å². The van der Waals surface area contributed by atoms with Crippen LogP contribution in [0.25, 0.3) is 5.52 Å². The predicted molar refractivity (Wildman–Crippen MR) is 37.4 cm³/mol. The number of hydrogen-bond acceptors (Lipinski definition) is 3. The van der Waals surface area contributed by atoms with Crippen LogP contribution in [0.1, 0.15) is 0 Å². The van der Waals surface area contributed by atoms with Crippen molar-refractivity contribution in [2.45, 2.75) is 0 Å². The largest absolute Gasteiger partial charge is 0.382 e. The lowest BCUT2D eigenvalue weighted by molar-refractivity contribution is 0.514. The van der Waals surface area contributed by atoms with Crippen molar-refractivity contribution in [2.24, 2.45) is 0 Å². The molecule has 0 aliphatic rings. The summed E-state index contributed by atoms with van der Waals surface area (Å²) in [4.78, 5) is 3.35. The van der Waals surface area contributed by atoms with E-state index in [1.54, 1.807) is 18.3 Å². The van der Waals surface area contributed by atoms with Gasteiger partial charge in [0.25, 0.3) is 0 Å². The lowest BCUT2D eigenvalue weighted by Gasteiger charge is -1.95. The summed E-state index contributed by atoms with van der Waals surface area (Å²) in [5.74, 6) is 0.155. The van der Waals surface area contributed by atoms with Crippen LogP contribution in [0.4, 0.5) is 10.2 Å². The van der Waals surface area contributed by atoms with Gasteiger partial charge in [0.15, 0.2) is 5.82 Å². The van der Waals surface area contributed by atoms with Gasteiger partial charge in [0.2, 0.25) is 0 Å². The van der Waals surface area contributed by atoms with Crippen LogP contribution in [0.15, 0.2) is 18.3 Å². The molecule has 11 heavy (non-hydrogen) atoms. The summed E-state index contributed by atoms with van der Waals surface area (Å²) in [5, 5.41) is 3.46. The molecule has 2 aromatic rings. The number of hydrogen-bond donors (Lipinski definition) is 1. The van der Waals surface area contributed by atoms with Crippen molar-refractivity contribution < 1.29 is 4.39 Å². The molecule has 2 aromatic heterocycles. The average Bonchev–Trinajstić information content (AvgIpc) is 2.34. The van der Waals surface area contributed by atoms with Gasteiger partial charge in [-0.2, -0.15) is 9.37 Å². The molecule has 0 saturated carbocycles. The Bertz CT molecular complexity index is 394. The highest BCUT2D eigenvalue weighted by Gasteiger charge is 2.01. The Hall–Kier alpha value is -1.65. The molecular weight excluding hydrogens is 147 g/mol. The van der Waals surface area contributed by atoms with E-state index in [1.165, 1.54) is 4.52 Å². The molecule has 5 heteroatoms. The van der Waals surface area contributed by atoms with Gasteiger partial charge < -0.3 is 5.73 Å². The van der Waals surface area contributed by atoms with E-state index in [-0.39, 0.29) is 5.82 Å². The minimum atomic E-state index is -0.814. The second-order valence-corrected chi connectivity index (χ2v) is 2.10. The van der Waals surface area contributed by atoms with Crippen LogP contribution < -0.4 is 5.73 Å². The molecule has 0 atom stereocenters. The normalized spacial score (nSPS) is 10.6. The zero-order valence-electron chi connectivity index (χ0n) is 5.53. The molecule has 4 nitrogen and oxygen atoms in total. The SMILES string of the molecule is Nc1nc(F)nn2cccc12. The Kier molecular flexibility index (Phi) is 1.06. The maximum absolute atomic E-state index is 12.5. The molecule has 2 N–H and O–H groups in total. The number of halogens is 1. The van der Waals surface area contributed by atoms with Crippen molar-refractivity contribution >= 4 is 11.3 Å². The lowest BCUT2D eigenvalue weighted by atomic mass is 10.5. The molecular formula is C6H5FN4. The first-order chi connectivity index (χ1) is 5.27. The maximum atomic E-state index is 12.5. The Balaban J connectivity index is 2.91. The minimum absolute atomic E-state index is 0.155. The van der Waals surface area contributed by atoms with Crippen LogP contribution in [0.3, 0.4) is 0 Å². The lowest BCUT2D eigenvalue weighted by Crippen LogP contribution is -2.02. The van der Waals surface area contributed by atoms with Crippen LogP contribution in [-0.2, 0) is 0 Å². The summed E-state index contributed by atoms with van der Waals surface area (Å²) >= 11 is 0. The third kappa shape index (κ3) is 0.813. The topological polar surface area (TPSA) is 56.2 Å². The van der Waals surface area contributed by atoms with E-state index in [0.29, 0.717) is 5.52 Å². The average molecular weight is 152 g/mol. The first kappa shape index (κ1) is 6.09. The molecule has 0 spiro atoms. The smallest absolute Gasteiger partial charge is 0.327 e. The van der Waals surface area contributed by atoms with Crippen molar-refractivity contribution in [3.05, 3.63) is 24.4 Å². The molecule has 0 radical (unpaired) electrons. The van der Waals surface area contributed by atoms with Crippen LogP contribution in [0, 0.1) is 6.08 Å². The third-order valence-corrected chi connectivity index (χ3v) is 1.39. The molecule has 0 aliphatic carbocycles. The van der Waals surface area contributed by atoms with Gasteiger partial charge in [-0.1, -0.05) is 0 Å². The second-order valence-electron chi connectivity index (χ2n) is 2.10. The predicted octanol–water partition coefficient (Wildman–Crippen LogP) is 0.451. The van der Waals surface area contributed by atoms with Gasteiger partial charge >= 0.3 is 6.08 Å². The maximum Gasteiger partial charge on any atom is 0.327 e. The molecule has 0 bridgehead atoms. The number of nitrogen functional groups attached to an aromatic ring is 1. The Labute approximate surface area is 61.5 Å². The molecule has 2 rings (SSSR count). The van der Waals surface area contributed by atoms with Gasteiger partial charge in [-0.05, 0) is 12.1 Å². The highest BCUT2D eigenvalue weighted by atomic mass is 19.1. The monoisotopic (exact) mass is 152 g/mol. The number of fused-ring (bicyclic) bond motifs is 1. The number of anilines is 1. The van der Waals surface area contributed by atoms with E-state index in [9.17, 15) is 4.39 Å². The minimum Gasteiger partial charge on any atom is -0.382 e. The zero-order chi connectivity index (χ0) is 7.84. The van der Waals surface area contributed by atoms with Crippen LogP contribution in [-0.4, -0.2) is 14.6 Å². The Morgan fingerprint density at radius 2 is 2.36 bits per heavy atom. The van der Waals surface area contributed by atoms with Crippen molar-refractivity contribution in [1.29, 1.82) is 0 Å². The van der Waals surface area contributed by atoms with E-state index in [4.69, 9.17) is 5.73 Å². The van der Waals surface area contributed by atoms with Crippen molar-refractivity contribution in [2.75, 3.05) is 5.73 Å². The summed E-state index contributed by atoms with van der Waals surface area (Å²) in [6.45, 7) is 0. The summed E-state index contributed by atoms with van der Waals surface area (Å²) in [6.07, 6.45) is 0.794. The molecule has 56 valence electrons. The van der Waals surface area contributed by atoms with Gasteiger partial charge in [0.05, 0.1) is 0 Å². The van der Waals surface area contributed by atoms with Crippen molar-refractivity contribution in [1.82, 2.24) is 14.6 Å². The number of rotatable bonds is 0. The fourth-order valence-electron chi connectivity index (χ4n) is 0.930. The van der Waals surface area contributed by atoms with Gasteiger partial charge in [-0.25, -0.2) is 4.52 Å². The van der Waals surface area contributed by atoms with E-state index >= 15 is 0 Å². The number of aromatic nitrogens is 3. The van der Waals surface area contributed by atoms with Crippen molar-refractivity contribution in [3.63, 3.8) is 0 Å².